The summed E-state index contributed by atoms with van der Waals surface area (Å²) in [6, 6.07) is 7.05. The molecular formula is C17H16Cl2N4O. The van der Waals surface area contributed by atoms with Crippen LogP contribution in [0.1, 0.15) is 5.56 Å². The summed E-state index contributed by atoms with van der Waals surface area (Å²) in [4.78, 5) is 24.7. The van der Waals surface area contributed by atoms with Crippen molar-refractivity contribution in [1.82, 2.24) is 14.9 Å². The van der Waals surface area contributed by atoms with Crippen molar-refractivity contribution >= 4 is 41.1 Å². The summed E-state index contributed by atoms with van der Waals surface area (Å²) >= 11 is 12.2. The molecule has 0 spiro atoms. The number of hydrogen-bond acceptors (Lipinski definition) is 4. The van der Waals surface area contributed by atoms with Crippen molar-refractivity contribution in [3.63, 3.8) is 0 Å². The zero-order valence-corrected chi connectivity index (χ0v) is 14.4. The van der Waals surface area contributed by atoms with Gasteiger partial charge in [-0.25, -0.2) is 9.97 Å². The van der Waals surface area contributed by atoms with Crippen LogP contribution in [0.3, 0.4) is 0 Å². The Morgan fingerprint density at radius 2 is 1.62 bits per heavy atom. The first kappa shape index (κ1) is 16.7. The van der Waals surface area contributed by atoms with Gasteiger partial charge in [0.25, 0.3) is 0 Å². The first-order valence-electron chi connectivity index (χ1n) is 7.58. The van der Waals surface area contributed by atoms with Crippen LogP contribution in [0.25, 0.3) is 6.08 Å². The van der Waals surface area contributed by atoms with Gasteiger partial charge < -0.3 is 9.80 Å². The van der Waals surface area contributed by atoms with Gasteiger partial charge in [0.1, 0.15) is 0 Å². The molecule has 0 bridgehead atoms. The highest BCUT2D eigenvalue weighted by molar-refractivity contribution is 6.37. The average Bonchev–Trinajstić information content (AvgIpc) is 2.62. The van der Waals surface area contributed by atoms with E-state index in [0.717, 1.165) is 0 Å². The Bertz CT molecular complexity index is 723. The van der Waals surface area contributed by atoms with Crippen LogP contribution in [-0.4, -0.2) is 47.0 Å². The smallest absolute Gasteiger partial charge is 0.246 e. The molecule has 1 aliphatic heterocycles. The third kappa shape index (κ3) is 3.86. The first-order valence-corrected chi connectivity index (χ1v) is 8.34. The molecule has 1 saturated heterocycles. The van der Waals surface area contributed by atoms with E-state index in [4.69, 9.17) is 23.2 Å². The average molecular weight is 363 g/mol. The zero-order valence-electron chi connectivity index (χ0n) is 12.9. The minimum Gasteiger partial charge on any atom is -0.337 e. The van der Waals surface area contributed by atoms with E-state index in [0.29, 0.717) is 47.7 Å². The lowest BCUT2D eigenvalue weighted by molar-refractivity contribution is -0.126. The molecule has 0 saturated carbocycles. The lowest BCUT2D eigenvalue weighted by Gasteiger charge is -2.34. The third-order valence-electron chi connectivity index (χ3n) is 3.82. The maximum atomic E-state index is 12.3. The highest BCUT2D eigenvalue weighted by atomic mass is 35.5. The summed E-state index contributed by atoms with van der Waals surface area (Å²) < 4.78 is 0. The van der Waals surface area contributed by atoms with Crippen LogP contribution in [0.15, 0.2) is 42.7 Å². The van der Waals surface area contributed by atoms with Gasteiger partial charge in [0.2, 0.25) is 11.9 Å². The second kappa shape index (κ2) is 7.64. The van der Waals surface area contributed by atoms with Gasteiger partial charge in [-0.15, -0.1) is 0 Å². The number of hydrogen-bond donors (Lipinski definition) is 0. The van der Waals surface area contributed by atoms with Gasteiger partial charge in [-0.05, 0) is 24.3 Å². The van der Waals surface area contributed by atoms with Crippen LogP contribution in [0.4, 0.5) is 5.95 Å². The van der Waals surface area contributed by atoms with E-state index in [1.807, 2.05) is 0 Å². The Balaban J connectivity index is 1.60. The second-order valence-electron chi connectivity index (χ2n) is 5.33. The fraction of sp³-hybridized carbons (Fsp3) is 0.235. The van der Waals surface area contributed by atoms with Crippen LogP contribution < -0.4 is 4.90 Å². The number of carbonyl (C=O) groups excluding carboxylic acids is 1. The Morgan fingerprint density at radius 1 is 1.00 bits per heavy atom. The minimum absolute atomic E-state index is 0.0559. The molecule has 0 aliphatic carbocycles. The lowest BCUT2D eigenvalue weighted by Crippen LogP contribution is -2.48. The molecule has 2 heterocycles. The largest absolute Gasteiger partial charge is 0.337 e. The van der Waals surface area contributed by atoms with E-state index in [-0.39, 0.29) is 5.91 Å². The van der Waals surface area contributed by atoms with Crippen molar-refractivity contribution in [3.8, 4) is 0 Å². The van der Waals surface area contributed by atoms with Gasteiger partial charge in [0.15, 0.2) is 0 Å². The molecule has 3 rings (SSSR count). The van der Waals surface area contributed by atoms with Crippen LogP contribution in [0.2, 0.25) is 10.0 Å². The third-order valence-corrected chi connectivity index (χ3v) is 4.48. The van der Waals surface area contributed by atoms with Gasteiger partial charge in [-0.2, -0.15) is 0 Å². The number of rotatable bonds is 3. The predicted molar refractivity (Wildman–Crippen MR) is 96.3 cm³/mol. The molecule has 5 nitrogen and oxygen atoms in total. The van der Waals surface area contributed by atoms with E-state index < -0.39 is 0 Å². The van der Waals surface area contributed by atoms with Gasteiger partial charge >= 0.3 is 0 Å². The summed E-state index contributed by atoms with van der Waals surface area (Å²) in [5, 5.41) is 1.05. The Hall–Kier alpha value is -2.11. The SMILES string of the molecule is O=C(C=Cc1c(Cl)cccc1Cl)N1CCN(c2ncccn2)CC1. The molecule has 7 heteroatoms. The molecule has 0 unspecified atom stereocenters. The first-order chi connectivity index (χ1) is 11.6. The predicted octanol–water partition coefficient (Wildman–Crippen LogP) is 3.15. The summed E-state index contributed by atoms with van der Waals surface area (Å²) in [6.45, 7) is 2.66. The van der Waals surface area contributed by atoms with Crippen molar-refractivity contribution in [2.75, 3.05) is 31.1 Å². The van der Waals surface area contributed by atoms with E-state index >= 15 is 0 Å². The molecule has 0 N–H and O–H groups in total. The van der Waals surface area contributed by atoms with Crippen LogP contribution >= 0.6 is 23.2 Å². The standard InChI is InChI=1S/C17H16Cl2N4O/c18-14-3-1-4-15(19)13(14)5-6-16(24)22-9-11-23(12-10-22)17-20-7-2-8-21-17/h1-8H,9-12H2. The Labute approximate surface area is 150 Å². The number of nitrogens with zero attached hydrogens (tertiary/aromatic N) is 4. The van der Waals surface area contributed by atoms with Gasteiger partial charge in [-0.1, -0.05) is 29.3 Å². The Kier molecular flexibility index (Phi) is 5.33. The van der Waals surface area contributed by atoms with Crippen molar-refractivity contribution in [1.29, 1.82) is 0 Å². The normalized spacial score (nSPS) is 15.1. The van der Waals surface area contributed by atoms with Gasteiger partial charge in [-0.3, -0.25) is 4.79 Å². The number of piperazine rings is 1. The van der Waals surface area contributed by atoms with Crippen molar-refractivity contribution in [3.05, 3.63) is 58.3 Å². The number of benzene rings is 1. The van der Waals surface area contributed by atoms with Crippen LogP contribution in [0.5, 0.6) is 0 Å². The second-order valence-corrected chi connectivity index (χ2v) is 6.14. The van der Waals surface area contributed by atoms with Crippen LogP contribution in [-0.2, 0) is 4.79 Å². The molecule has 2 aromatic rings. The fourth-order valence-electron chi connectivity index (χ4n) is 2.51. The number of amides is 1. The maximum absolute atomic E-state index is 12.3. The van der Waals surface area contributed by atoms with E-state index in [9.17, 15) is 4.79 Å². The molecule has 0 radical (unpaired) electrons. The molecule has 1 amide bonds. The summed E-state index contributed by atoms with van der Waals surface area (Å²) in [5.74, 6) is 0.641. The highest BCUT2D eigenvalue weighted by Crippen LogP contribution is 2.25. The van der Waals surface area contributed by atoms with Crippen molar-refractivity contribution < 1.29 is 4.79 Å². The highest BCUT2D eigenvalue weighted by Gasteiger charge is 2.21. The van der Waals surface area contributed by atoms with Crippen molar-refractivity contribution in [2.45, 2.75) is 0 Å². The minimum atomic E-state index is -0.0559. The van der Waals surface area contributed by atoms with E-state index in [2.05, 4.69) is 14.9 Å². The maximum Gasteiger partial charge on any atom is 0.246 e. The van der Waals surface area contributed by atoms with Gasteiger partial charge in [0.05, 0.1) is 0 Å². The lowest BCUT2D eigenvalue weighted by atomic mass is 10.2. The van der Waals surface area contributed by atoms with Crippen LogP contribution in [0, 0.1) is 0 Å². The number of halogens is 2. The molecule has 1 aromatic carbocycles. The van der Waals surface area contributed by atoms with E-state index in [1.165, 1.54) is 6.08 Å². The molecule has 124 valence electrons. The number of anilines is 1. The number of carbonyl (C=O) groups is 1. The quantitative estimate of drug-likeness (QED) is 0.787. The topological polar surface area (TPSA) is 49.3 Å². The van der Waals surface area contributed by atoms with E-state index in [1.54, 1.807) is 47.6 Å². The molecule has 1 aliphatic rings. The molecule has 24 heavy (non-hydrogen) atoms. The monoisotopic (exact) mass is 362 g/mol. The summed E-state index contributed by atoms with van der Waals surface area (Å²) in [6.07, 6.45) is 6.62. The zero-order chi connectivity index (χ0) is 16.9. The fourth-order valence-corrected chi connectivity index (χ4v) is 3.03. The number of aromatic nitrogens is 2. The molecule has 1 fully saturated rings. The van der Waals surface area contributed by atoms with Crippen molar-refractivity contribution in [2.24, 2.45) is 0 Å². The summed E-state index contributed by atoms with van der Waals surface area (Å²) in [5.41, 5.74) is 0.658. The summed E-state index contributed by atoms with van der Waals surface area (Å²) in [7, 11) is 0. The van der Waals surface area contributed by atoms with Gasteiger partial charge in [0, 0.05) is 60.3 Å². The Morgan fingerprint density at radius 3 is 2.25 bits per heavy atom. The molecular weight excluding hydrogens is 347 g/mol. The molecule has 0 atom stereocenters. The molecule has 1 aromatic heterocycles.